The summed E-state index contributed by atoms with van der Waals surface area (Å²) in [5, 5.41) is 0. The van der Waals surface area contributed by atoms with E-state index in [1.807, 2.05) is 0 Å². The highest BCUT2D eigenvalue weighted by atomic mass is 19.3. The Balaban J connectivity index is 1.42. The number of ether oxygens (including phenoxy) is 2. The number of hydrogen-bond donors (Lipinski definition) is 0. The second-order valence-corrected chi connectivity index (χ2v) is 11.4. The third kappa shape index (κ3) is 8.98. The van der Waals surface area contributed by atoms with Gasteiger partial charge >= 0.3 is 12.2 Å². The van der Waals surface area contributed by atoms with Gasteiger partial charge in [-0.25, -0.2) is 22.0 Å². The van der Waals surface area contributed by atoms with Gasteiger partial charge in [0.15, 0.2) is 23.6 Å². The Kier molecular flexibility index (Phi) is 11.5. The first-order valence-corrected chi connectivity index (χ1v) is 14.9. The van der Waals surface area contributed by atoms with Crippen LogP contribution in [0.25, 0.3) is 11.1 Å². The van der Waals surface area contributed by atoms with Crippen LogP contribution < -0.4 is 9.47 Å². The molecule has 4 rings (SSSR count). The average molecular weight is 645 g/mol. The normalized spacial score (nSPS) is 16.8. The molecule has 0 N–H and O–H groups in total. The zero-order valence-corrected chi connectivity index (χ0v) is 24.6. The van der Waals surface area contributed by atoms with Crippen molar-refractivity contribution in [3.05, 3.63) is 95.0 Å². The summed E-state index contributed by atoms with van der Waals surface area (Å²) in [6.45, 7) is 2.19. The Bertz CT molecular complexity index is 1450. The summed E-state index contributed by atoms with van der Waals surface area (Å²) >= 11 is 0. The summed E-state index contributed by atoms with van der Waals surface area (Å²) in [5.74, 6) is -8.99. The lowest BCUT2D eigenvalue weighted by molar-refractivity contribution is -0.189. The van der Waals surface area contributed by atoms with Crippen LogP contribution in [0, 0.1) is 40.9 Å². The molecule has 2 nitrogen and oxygen atoms in total. The van der Waals surface area contributed by atoms with Gasteiger partial charge in [-0.3, -0.25) is 0 Å². The Morgan fingerprint density at radius 3 is 1.93 bits per heavy atom. The van der Waals surface area contributed by atoms with Gasteiger partial charge in [0.05, 0.1) is 0 Å². The summed E-state index contributed by atoms with van der Waals surface area (Å²) in [4.78, 5) is 0. The van der Waals surface area contributed by atoms with Crippen molar-refractivity contribution in [1.29, 1.82) is 0 Å². The van der Waals surface area contributed by atoms with Crippen LogP contribution >= 0.6 is 0 Å². The average Bonchev–Trinajstić information content (AvgIpc) is 2.95. The molecular weight excluding hydrogens is 611 g/mol. The van der Waals surface area contributed by atoms with Gasteiger partial charge in [0.25, 0.3) is 0 Å². The van der Waals surface area contributed by atoms with Crippen LogP contribution in [-0.2, 0) is 12.5 Å². The number of halogens is 9. The predicted octanol–water partition coefficient (Wildman–Crippen LogP) is 11.6. The van der Waals surface area contributed by atoms with Crippen molar-refractivity contribution < 1.29 is 49.0 Å². The fourth-order valence-corrected chi connectivity index (χ4v) is 5.83. The van der Waals surface area contributed by atoms with Crippen molar-refractivity contribution in [2.75, 3.05) is 0 Å². The minimum atomic E-state index is -4.78. The van der Waals surface area contributed by atoms with E-state index in [4.69, 9.17) is 0 Å². The lowest BCUT2D eigenvalue weighted by Crippen LogP contribution is -2.25. The highest BCUT2D eigenvalue weighted by Gasteiger charge is 2.41. The summed E-state index contributed by atoms with van der Waals surface area (Å²) in [6.07, 6.45) is 3.74. The fourth-order valence-electron chi connectivity index (χ4n) is 5.83. The molecule has 1 aliphatic rings. The van der Waals surface area contributed by atoms with E-state index >= 15 is 4.39 Å². The van der Waals surface area contributed by atoms with Gasteiger partial charge in [0.1, 0.15) is 28.8 Å². The molecular formula is C34H33F9O2. The molecule has 0 heterocycles. The first kappa shape index (κ1) is 34.2. The number of unbranched alkanes of at least 4 members (excludes halogenated alkanes) is 2. The van der Waals surface area contributed by atoms with Crippen molar-refractivity contribution in [3.63, 3.8) is 0 Å². The SMILES string of the molecule is CCCCCC1CCC(CCc2ccc(-c3cc(F)c(C(F)(F)Oc4cc(F)c(OC=C(F)F)c(F)c4)c(F)c3)c(F)c2)CC1. The molecule has 0 atom stereocenters. The van der Waals surface area contributed by atoms with Gasteiger partial charge in [0, 0.05) is 17.7 Å². The van der Waals surface area contributed by atoms with E-state index in [1.54, 1.807) is 6.07 Å². The fraction of sp³-hybridized carbons (Fsp3) is 0.412. The third-order valence-corrected chi connectivity index (χ3v) is 8.18. The molecule has 1 fully saturated rings. The quantitative estimate of drug-likeness (QED) is 0.105. The van der Waals surface area contributed by atoms with Crippen LogP contribution in [0.2, 0.25) is 0 Å². The Morgan fingerprint density at radius 1 is 0.778 bits per heavy atom. The van der Waals surface area contributed by atoms with E-state index in [2.05, 4.69) is 16.4 Å². The summed E-state index contributed by atoms with van der Waals surface area (Å²) in [6, 6.07) is 5.56. The van der Waals surface area contributed by atoms with Crippen LogP contribution in [0.4, 0.5) is 39.5 Å². The maximum atomic E-state index is 15.0. The molecule has 244 valence electrons. The van der Waals surface area contributed by atoms with E-state index in [0.29, 0.717) is 30.0 Å². The smallest absolute Gasteiger partial charge is 0.432 e. The maximum Gasteiger partial charge on any atom is 0.432 e. The molecule has 0 aliphatic heterocycles. The van der Waals surface area contributed by atoms with Crippen molar-refractivity contribution >= 4 is 0 Å². The lowest BCUT2D eigenvalue weighted by Gasteiger charge is -2.28. The Hall–Kier alpha value is -3.63. The lowest BCUT2D eigenvalue weighted by atomic mass is 9.78. The van der Waals surface area contributed by atoms with Crippen molar-refractivity contribution in [3.8, 4) is 22.6 Å². The molecule has 0 bridgehead atoms. The molecule has 1 saturated carbocycles. The summed E-state index contributed by atoms with van der Waals surface area (Å²) < 4.78 is 135. The first-order valence-electron chi connectivity index (χ1n) is 14.9. The Labute approximate surface area is 255 Å². The van der Waals surface area contributed by atoms with E-state index in [-0.39, 0.29) is 29.5 Å². The van der Waals surface area contributed by atoms with E-state index in [9.17, 15) is 35.1 Å². The van der Waals surface area contributed by atoms with Crippen molar-refractivity contribution in [2.24, 2.45) is 11.8 Å². The molecule has 0 amide bonds. The highest BCUT2D eigenvalue weighted by Crippen LogP contribution is 2.39. The zero-order valence-electron chi connectivity index (χ0n) is 24.6. The first-order chi connectivity index (χ1) is 21.4. The van der Waals surface area contributed by atoms with Gasteiger partial charge in [-0.1, -0.05) is 70.4 Å². The van der Waals surface area contributed by atoms with Crippen LogP contribution in [0.1, 0.15) is 75.8 Å². The standard InChI is InChI=1S/C34H33F9O2/c1-2-3-4-5-20-6-8-21(9-7-20)10-11-22-12-13-25(26(35)14-22)23-15-27(36)32(28(37)16-23)34(42,43)45-24-17-29(38)33(30(39)18-24)44-19-31(40)41/h12-21H,2-11H2,1H3. The maximum absolute atomic E-state index is 15.0. The minimum Gasteiger partial charge on any atom is -0.453 e. The molecule has 11 heteroatoms. The van der Waals surface area contributed by atoms with E-state index in [1.165, 1.54) is 50.7 Å². The third-order valence-electron chi connectivity index (χ3n) is 8.18. The van der Waals surface area contributed by atoms with Crippen LogP contribution in [-0.4, -0.2) is 0 Å². The monoisotopic (exact) mass is 644 g/mol. The minimum absolute atomic E-state index is 0.164. The molecule has 0 spiro atoms. The summed E-state index contributed by atoms with van der Waals surface area (Å²) in [5.41, 5.74) is -1.73. The summed E-state index contributed by atoms with van der Waals surface area (Å²) in [7, 11) is 0. The van der Waals surface area contributed by atoms with Crippen LogP contribution in [0.15, 0.2) is 54.8 Å². The van der Waals surface area contributed by atoms with Gasteiger partial charge < -0.3 is 9.47 Å². The molecule has 3 aromatic rings. The number of aryl methyl sites for hydroxylation is 1. The highest BCUT2D eigenvalue weighted by molar-refractivity contribution is 5.65. The number of rotatable bonds is 13. The topological polar surface area (TPSA) is 18.5 Å². The van der Waals surface area contributed by atoms with Gasteiger partial charge in [-0.2, -0.15) is 17.6 Å². The van der Waals surface area contributed by atoms with Gasteiger partial charge in [-0.15, -0.1) is 0 Å². The molecule has 0 aromatic heterocycles. The second kappa shape index (κ2) is 15.1. The van der Waals surface area contributed by atoms with Gasteiger partial charge in [0.2, 0.25) is 0 Å². The number of hydrogen-bond acceptors (Lipinski definition) is 2. The van der Waals surface area contributed by atoms with Gasteiger partial charge in [-0.05, 0) is 54.0 Å². The zero-order chi connectivity index (χ0) is 32.7. The van der Waals surface area contributed by atoms with Crippen molar-refractivity contribution in [2.45, 2.75) is 77.2 Å². The van der Waals surface area contributed by atoms with Crippen molar-refractivity contribution in [1.82, 2.24) is 0 Å². The predicted molar refractivity (Wildman–Crippen MR) is 151 cm³/mol. The Morgan fingerprint density at radius 2 is 1.38 bits per heavy atom. The van der Waals surface area contributed by atoms with E-state index < -0.39 is 58.3 Å². The molecule has 3 aromatic carbocycles. The molecule has 45 heavy (non-hydrogen) atoms. The molecule has 0 radical (unpaired) electrons. The largest absolute Gasteiger partial charge is 0.453 e. The number of alkyl halides is 2. The number of benzene rings is 3. The van der Waals surface area contributed by atoms with E-state index in [0.717, 1.165) is 25.2 Å². The molecule has 1 aliphatic carbocycles. The second-order valence-electron chi connectivity index (χ2n) is 11.4. The molecule has 0 unspecified atom stereocenters. The van der Waals surface area contributed by atoms with Crippen LogP contribution in [0.3, 0.4) is 0 Å². The van der Waals surface area contributed by atoms with Crippen LogP contribution in [0.5, 0.6) is 11.5 Å². The molecule has 0 saturated heterocycles.